The first-order chi connectivity index (χ1) is 20.8. The number of hydrogen-bond donors (Lipinski definition) is 1. The van der Waals surface area contributed by atoms with Crippen molar-refractivity contribution in [3.63, 3.8) is 0 Å². The van der Waals surface area contributed by atoms with Crippen molar-refractivity contribution in [1.29, 1.82) is 0 Å². The fraction of sp³-hybridized carbons (Fsp3) is 0.429. The van der Waals surface area contributed by atoms with E-state index in [0.717, 1.165) is 88.2 Å². The highest BCUT2D eigenvalue weighted by Crippen LogP contribution is 2.41. The largest absolute Gasteiger partial charge is 0.456 e. The number of benzene rings is 3. The van der Waals surface area contributed by atoms with Gasteiger partial charge >= 0.3 is 0 Å². The molecule has 230 valence electrons. The Morgan fingerprint density at radius 3 is 2.35 bits per heavy atom. The van der Waals surface area contributed by atoms with Crippen molar-refractivity contribution in [3.8, 4) is 22.5 Å². The summed E-state index contributed by atoms with van der Waals surface area (Å²) in [5.74, 6) is 1.43. The molecule has 8 heteroatoms. The molecule has 0 unspecified atom stereocenters. The number of amides is 1. The zero-order valence-electron chi connectivity index (χ0n) is 26.2. The third-order valence-corrected chi connectivity index (χ3v) is 7.82. The Bertz CT molecular complexity index is 1560. The molecule has 0 spiro atoms. The smallest absolute Gasteiger partial charge is 0.251 e. The van der Waals surface area contributed by atoms with E-state index in [9.17, 15) is 4.79 Å². The Morgan fingerprint density at radius 1 is 0.884 bits per heavy atom. The lowest BCUT2D eigenvalue weighted by atomic mass is 9.90. The number of rotatable bonds is 15. The van der Waals surface area contributed by atoms with Crippen LogP contribution < -0.4 is 20.1 Å². The molecule has 0 radical (unpaired) electrons. The zero-order chi connectivity index (χ0) is 30.8. The van der Waals surface area contributed by atoms with Crippen molar-refractivity contribution in [3.05, 3.63) is 71.1 Å². The normalized spacial score (nSPS) is 11.3. The quantitative estimate of drug-likeness (QED) is 0.0758. The number of nitrogens with zero attached hydrogens (tertiary/aromatic N) is 2. The Labute approximate surface area is 260 Å². The molecule has 0 fully saturated rings. The lowest BCUT2D eigenvalue weighted by Crippen LogP contribution is -2.27. The van der Waals surface area contributed by atoms with Crippen molar-refractivity contribution in [1.82, 2.24) is 9.89 Å². The number of carbonyl (C=O) groups excluding carboxylic acids is 1. The standard InChI is InChI=1S/C35H44ClN3O4/c1-25-22-26(35(40)37-17-19-42-21-20-41-18-9-7-6-8-16-36)10-13-29(25)34-30-14-11-27(38(2)3)23-32(30)43-33-24-28(39(4)5)12-15-31(33)34/h10-15,22-24H,6-9,16-21H2,1-5H3/p+1. The van der Waals surface area contributed by atoms with E-state index in [2.05, 4.69) is 58.1 Å². The second kappa shape index (κ2) is 15.9. The first-order valence-corrected chi connectivity index (χ1v) is 15.6. The van der Waals surface area contributed by atoms with E-state index in [-0.39, 0.29) is 5.91 Å². The lowest BCUT2D eigenvalue weighted by Gasteiger charge is -2.19. The number of halogens is 1. The predicted octanol–water partition coefficient (Wildman–Crippen LogP) is 6.17. The third kappa shape index (κ3) is 8.59. The fourth-order valence-corrected chi connectivity index (χ4v) is 5.30. The summed E-state index contributed by atoms with van der Waals surface area (Å²) in [5.41, 5.74) is 6.73. The Kier molecular flexibility index (Phi) is 12.0. The van der Waals surface area contributed by atoms with Gasteiger partial charge in [0.2, 0.25) is 5.36 Å². The SMILES string of the molecule is Cc1cc(C(=O)NCCOCCOCCCCCCCl)ccc1-c1c2ccc(=[N+](C)C)cc-2oc2cc(N(C)C)ccc12. The molecular weight excluding hydrogens is 562 g/mol. The van der Waals surface area contributed by atoms with E-state index in [4.69, 9.17) is 25.5 Å². The van der Waals surface area contributed by atoms with Gasteiger partial charge in [-0.3, -0.25) is 4.79 Å². The molecule has 1 amide bonds. The molecule has 7 nitrogen and oxygen atoms in total. The molecule has 2 aromatic rings. The number of carbonyl (C=O) groups is 1. The maximum atomic E-state index is 12.9. The second-order valence-electron chi connectivity index (χ2n) is 11.2. The van der Waals surface area contributed by atoms with Crippen LogP contribution in [0.5, 0.6) is 0 Å². The minimum absolute atomic E-state index is 0.115. The fourth-order valence-electron chi connectivity index (χ4n) is 5.11. The highest BCUT2D eigenvalue weighted by atomic mass is 35.5. The summed E-state index contributed by atoms with van der Waals surface area (Å²) in [6.45, 7) is 4.76. The first kappa shape index (κ1) is 32.5. The van der Waals surface area contributed by atoms with Crippen LogP contribution in [-0.4, -0.2) is 73.0 Å². The first-order valence-electron chi connectivity index (χ1n) is 15.1. The summed E-state index contributed by atoms with van der Waals surface area (Å²) >= 11 is 5.69. The average molecular weight is 607 g/mol. The van der Waals surface area contributed by atoms with Crippen LogP contribution in [-0.2, 0) is 9.47 Å². The molecule has 1 N–H and O–H groups in total. The van der Waals surface area contributed by atoms with Crippen molar-refractivity contribution in [2.24, 2.45) is 0 Å². The highest BCUT2D eigenvalue weighted by Gasteiger charge is 2.20. The summed E-state index contributed by atoms with van der Waals surface area (Å²) in [6, 6.07) is 18.5. The number of aryl methyl sites for hydroxylation is 1. The van der Waals surface area contributed by atoms with Gasteiger partial charge in [0.1, 0.15) is 25.4 Å². The van der Waals surface area contributed by atoms with E-state index in [1.807, 2.05) is 46.4 Å². The van der Waals surface area contributed by atoms with Crippen molar-refractivity contribution >= 4 is 34.2 Å². The van der Waals surface area contributed by atoms with Crippen LogP contribution in [0.3, 0.4) is 0 Å². The van der Waals surface area contributed by atoms with Crippen molar-refractivity contribution in [2.75, 3.05) is 71.9 Å². The minimum Gasteiger partial charge on any atom is -0.456 e. The molecule has 43 heavy (non-hydrogen) atoms. The molecule has 0 atom stereocenters. The highest BCUT2D eigenvalue weighted by molar-refractivity contribution is 6.17. The molecule has 2 aliphatic rings. The van der Waals surface area contributed by atoms with Crippen LogP contribution in [0.25, 0.3) is 33.4 Å². The average Bonchev–Trinajstić information content (AvgIpc) is 2.99. The van der Waals surface area contributed by atoms with Gasteiger partial charge in [-0.1, -0.05) is 18.9 Å². The van der Waals surface area contributed by atoms with Crippen LogP contribution in [0.4, 0.5) is 5.69 Å². The zero-order valence-corrected chi connectivity index (χ0v) is 26.9. The molecule has 0 aromatic heterocycles. The summed E-state index contributed by atoms with van der Waals surface area (Å²) in [7, 11) is 8.09. The molecule has 4 rings (SSSR count). The van der Waals surface area contributed by atoms with Crippen LogP contribution in [0.2, 0.25) is 0 Å². The van der Waals surface area contributed by atoms with E-state index in [0.29, 0.717) is 31.9 Å². The van der Waals surface area contributed by atoms with E-state index >= 15 is 0 Å². The van der Waals surface area contributed by atoms with Crippen molar-refractivity contribution < 1.29 is 18.7 Å². The summed E-state index contributed by atoms with van der Waals surface area (Å²) < 4.78 is 19.8. The van der Waals surface area contributed by atoms with E-state index in [1.165, 1.54) is 0 Å². The number of fused-ring (bicyclic) bond motifs is 2. The molecule has 0 bridgehead atoms. The number of unbranched alkanes of at least 4 members (excludes halogenated alkanes) is 3. The van der Waals surface area contributed by atoms with Gasteiger partial charge in [-0.25, -0.2) is 4.58 Å². The second-order valence-corrected chi connectivity index (χ2v) is 11.6. The van der Waals surface area contributed by atoms with Gasteiger partial charge in [-0.05, 0) is 61.2 Å². The molecule has 0 saturated heterocycles. The number of ether oxygens (including phenoxy) is 2. The Balaban J connectivity index is 1.44. The monoisotopic (exact) mass is 606 g/mol. The van der Waals surface area contributed by atoms with Crippen LogP contribution in [0.15, 0.2) is 59.0 Å². The number of anilines is 1. The number of alkyl halides is 1. The third-order valence-electron chi connectivity index (χ3n) is 7.56. The molecular formula is C35H45ClN3O4+. The van der Waals surface area contributed by atoms with Gasteiger partial charge < -0.3 is 24.1 Å². The molecule has 1 heterocycles. The molecule has 1 aliphatic heterocycles. The summed E-state index contributed by atoms with van der Waals surface area (Å²) in [6.07, 6.45) is 4.40. The van der Waals surface area contributed by atoms with Crippen molar-refractivity contribution in [2.45, 2.75) is 32.6 Å². The molecule has 1 aliphatic carbocycles. The summed E-state index contributed by atoms with van der Waals surface area (Å²) in [5, 5.41) is 5.07. The minimum atomic E-state index is -0.115. The predicted molar refractivity (Wildman–Crippen MR) is 178 cm³/mol. The maximum absolute atomic E-state index is 12.9. The number of nitrogens with one attached hydrogen (secondary N) is 1. The maximum Gasteiger partial charge on any atom is 0.251 e. The van der Waals surface area contributed by atoms with Gasteiger partial charge in [0.25, 0.3) is 5.91 Å². The van der Waals surface area contributed by atoms with E-state index < -0.39 is 0 Å². The van der Waals surface area contributed by atoms with Gasteiger partial charge in [-0.2, -0.15) is 0 Å². The Morgan fingerprint density at radius 2 is 1.63 bits per heavy atom. The van der Waals surface area contributed by atoms with Crippen LogP contribution in [0.1, 0.15) is 41.6 Å². The molecule has 0 saturated carbocycles. The van der Waals surface area contributed by atoms with Gasteiger partial charge in [-0.15, -0.1) is 11.6 Å². The van der Waals surface area contributed by atoms with Crippen LogP contribution >= 0.6 is 11.6 Å². The topological polar surface area (TPSA) is 67.0 Å². The van der Waals surface area contributed by atoms with Gasteiger partial charge in [0, 0.05) is 73.0 Å². The number of hydrogen-bond acceptors (Lipinski definition) is 5. The lowest BCUT2D eigenvalue weighted by molar-refractivity contribution is 0.0468. The van der Waals surface area contributed by atoms with Gasteiger partial charge in [0.15, 0.2) is 0 Å². The molecule has 2 aromatic carbocycles. The van der Waals surface area contributed by atoms with E-state index in [1.54, 1.807) is 0 Å². The Hall–Kier alpha value is -3.39. The van der Waals surface area contributed by atoms with Crippen LogP contribution in [0, 0.1) is 6.92 Å². The van der Waals surface area contributed by atoms with Gasteiger partial charge in [0.05, 0.1) is 25.9 Å². The summed E-state index contributed by atoms with van der Waals surface area (Å²) in [4.78, 5) is 15.0.